The summed E-state index contributed by atoms with van der Waals surface area (Å²) in [6.45, 7) is 6.48. The zero-order chi connectivity index (χ0) is 18.7. The summed E-state index contributed by atoms with van der Waals surface area (Å²) in [6.07, 6.45) is 0. The molecular weight excluding hydrogens is 354 g/mol. The lowest BCUT2D eigenvalue weighted by Crippen LogP contribution is -2.14. The molecular formula is C18H19N3O4S. The van der Waals surface area contributed by atoms with Crippen LogP contribution < -0.4 is 10.3 Å². The smallest absolute Gasteiger partial charge is 0.338 e. The second kappa shape index (κ2) is 7.65. The SMILES string of the molecule is Cc1cc(=O)n2nc(COC(=O)c3ccc(OCC(C)C)cc3)sc2n1. The molecule has 0 aliphatic heterocycles. The van der Waals surface area contributed by atoms with Crippen LogP contribution in [0.25, 0.3) is 4.96 Å². The van der Waals surface area contributed by atoms with E-state index < -0.39 is 5.97 Å². The highest BCUT2D eigenvalue weighted by Crippen LogP contribution is 2.16. The zero-order valence-electron chi connectivity index (χ0n) is 14.8. The van der Waals surface area contributed by atoms with E-state index in [1.54, 1.807) is 31.2 Å². The van der Waals surface area contributed by atoms with Crippen molar-refractivity contribution in [2.24, 2.45) is 5.92 Å². The van der Waals surface area contributed by atoms with Crippen molar-refractivity contribution in [3.05, 3.63) is 57.0 Å². The second-order valence-corrected chi connectivity index (χ2v) is 7.27. The molecule has 0 radical (unpaired) electrons. The van der Waals surface area contributed by atoms with E-state index in [0.717, 1.165) is 0 Å². The summed E-state index contributed by atoms with van der Waals surface area (Å²) in [6, 6.07) is 8.20. The lowest BCUT2D eigenvalue weighted by Gasteiger charge is -2.09. The van der Waals surface area contributed by atoms with Crippen LogP contribution in [0.1, 0.15) is 34.9 Å². The van der Waals surface area contributed by atoms with Gasteiger partial charge < -0.3 is 9.47 Å². The van der Waals surface area contributed by atoms with E-state index in [2.05, 4.69) is 23.9 Å². The lowest BCUT2D eigenvalue weighted by atomic mass is 10.2. The molecule has 0 amide bonds. The van der Waals surface area contributed by atoms with Crippen molar-refractivity contribution in [3.8, 4) is 5.75 Å². The van der Waals surface area contributed by atoms with Gasteiger partial charge in [0.1, 0.15) is 12.4 Å². The number of esters is 1. The standard InChI is InChI=1S/C18H19N3O4S/c1-11(2)9-24-14-6-4-13(5-7-14)17(23)25-10-15-20-21-16(22)8-12(3)19-18(21)26-15/h4-8,11H,9-10H2,1-3H3. The minimum Gasteiger partial charge on any atom is -0.493 e. The number of hydrogen-bond acceptors (Lipinski definition) is 7. The highest BCUT2D eigenvalue weighted by molar-refractivity contribution is 7.16. The van der Waals surface area contributed by atoms with Gasteiger partial charge in [-0.1, -0.05) is 25.2 Å². The Morgan fingerprint density at radius 2 is 2.00 bits per heavy atom. The lowest BCUT2D eigenvalue weighted by molar-refractivity contribution is 0.0471. The molecule has 0 atom stereocenters. The van der Waals surface area contributed by atoms with Gasteiger partial charge in [-0.2, -0.15) is 9.61 Å². The van der Waals surface area contributed by atoms with Gasteiger partial charge in [0.25, 0.3) is 5.56 Å². The summed E-state index contributed by atoms with van der Waals surface area (Å²) in [7, 11) is 0. The molecule has 3 aromatic rings. The summed E-state index contributed by atoms with van der Waals surface area (Å²) in [5, 5.41) is 4.64. The minimum atomic E-state index is -0.462. The summed E-state index contributed by atoms with van der Waals surface area (Å²) >= 11 is 1.22. The molecule has 8 heteroatoms. The van der Waals surface area contributed by atoms with E-state index in [-0.39, 0.29) is 12.2 Å². The number of nitrogens with zero attached hydrogens (tertiary/aromatic N) is 3. The van der Waals surface area contributed by atoms with Gasteiger partial charge in [-0.15, -0.1) is 0 Å². The van der Waals surface area contributed by atoms with E-state index in [1.165, 1.54) is 21.9 Å². The molecule has 0 aliphatic rings. The Labute approximate surface area is 154 Å². The molecule has 26 heavy (non-hydrogen) atoms. The molecule has 0 saturated carbocycles. The maximum absolute atomic E-state index is 12.2. The van der Waals surface area contributed by atoms with Crippen molar-refractivity contribution in [2.45, 2.75) is 27.4 Å². The Morgan fingerprint density at radius 1 is 1.27 bits per heavy atom. The number of carbonyl (C=O) groups is 1. The molecule has 0 spiro atoms. The number of aromatic nitrogens is 3. The van der Waals surface area contributed by atoms with E-state index in [0.29, 0.717) is 39.5 Å². The number of benzene rings is 1. The van der Waals surface area contributed by atoms with E-state index in [4.69, 9.17) is 9.47 Å². The monoisotopic (exact) mass is 373 g/mol. The number of ether oxygens (including phenoxy) is 2. The van der Waals surface area contributed by atoms with E-state index in [1.807, 2.05) is 0 Å². The Kier molecular flexibility index (Phi) is 5.32. The van der Waals surface area contributed by atoms with Gasteiger partial charge >= 0.3 is 5.97 Å². The Hall–Kier alpha value is -2.74. The summed E-state index contributed by atoms with van der Waals surface area (Å²) < 4.78 is 12.1. The quantitative estimate of drug-likeness (QED) is 0.618. The van der Waals surface area contributed by atoms with Crippen LogP contribution in [-0.4, -0.2) is 27.2 Å². The molecule has 0 bridgehead atoms. The van der Waals surface area contributed by atoms with Crippen LogP contribution in [-0.2, 0) is 11.3 Å². The summed E-state index contributed by atoms with van der Waals surface area (Å²) in [4.78, 5) is 28.7. The Balaban J connectivity index is 1.63. The van der Waals surface area contributed by atoms with Crippen LogP contribution in [0.5, 0.6) is 5.75 Å². The third-order valence-corrected chi connectivity index (χ3v) is 4.30. The van der Waals surface area contributed by atoms with Gasteiger partial charge in [0.05, 0.1) is 12.2 Å². The predicted molar refractivity (Wildman–Crippen MR) is 97.8 cm³/mol. The van der Waals surface area contributed by atoms with Crippen LogP contribution in [0.2, 0.25) is 0 Å². The number of fused-ring (bicyclic) bond motifs is 1. The molecule has 3 rings (SSSR count). The average Bonchev–Trinajstić information content (AvgIpc) is 3.01. The van der Waals surface area contributed by atoms with Crippen molar-refractivity contribution < 1.29 is 14.3 Å². The number of rotatable bonds is 6. The maximum atomic E-state index is 12.2. The number of hydrogen-bond donors (Lipinski definition) is 0. The first-order valence-corrected chi connectivity index (χ1v) is 9.00. The second-order valence-electron chi connectivity index (χ2n) is 6.23. The molecule has 2 heterocycles. The number of aryl methyl sites for hydroxylation is 1. The van der Waals surface area contributed by atoms with E-state index in [9.17, 15) is 9.59 Å². The van der Waals surface area contributed by atoms with Crippen LogP contribution >= 0.6 is 11.3 Å². The van der Waals surface area contributed by atoms with Crippen molar-refractivity contribution in [3.63, 3.8) is 0 Å². The highest BCUT2D eigenvalue weighted by Gasteiger charge is 2.12. The number of carbonyl (C=O) groups excluding carboxylic acids is 1. The van der Waals surface area contributed by atoms with Crippen molar-refractivity contribution in [2.75, 3.05) is 6.61 Å². The maximum Gasteiger partial charge on any atom is 0.338 e. The van der Waals surface area contributed by atoms with Crippen molar-refractivity contribution in [1.29, 1.82) is 0 Å². The normalized spacial score (nSPS) is 11.1. The third kappa shape index (κ3) is 4.26. The molecule has 0 N–H and O–H groups in total. The topological polar surface area (TPSA) is 82.8 Å². The Bertz CT molecular complexity index is 976. The zero-order valence-corrected chi connectivity index (χ0v) is 15.6. The van der Waals surface area contributed by atoms with Gasteiger partial charge in [0, 0.05) is 11.8 Å². The molecule has 2 aromatic heterocycles. The van der Waals surface area contributed by atoms with Crippen molar-refractivity contribution in [1.82, 2.24) is 14.6 Å². The molecule has 7 nitrogen and oxygen atoms in total. The first-order chi connectivity index (χ1) is 12.4. The third-order valence-electron chi connectivity index (χ3n) is 3.42. The fourth-order valence-electron chi connectivity index (χ4n) is 2.18. The van der Waals surface area contributed by atoms with Crippen LogP contribution in [0.15, 0.2) is 35.1 Å². The first-order valence-electron chi connectivity index (χ1n) is 8.19. The van der Waals surface area contributed by atoms with Crippen LogP contribution in [0.3, 0.4) is 0 Å². The summed E-state index contributed by atoms with van der Waals surface area (Å²) in [5.74, 6) is 0.678. The molecule has 0 fully saturated rings. The van der Waals surface area contributed by atoms with Crippen LogP contribution in [0, 0.1) is 12.8 Å². The molecule has 0 unspecified atom stereocenters. The fraction of sp³-hybridized carbons (Fsp3) is 0.333. The van der Waals surface area contributed by atoms with Gasteiger partial charge in [-0.3, -0.25) is 4.79 Å². The predicted octanol–water partition coefficient (Wildman–Crippen LogP) is 2.85. The van der Waals surface area contributed by atoms with Gasteiger partial charge in [0.2, 0.25) is 4.96 Å². The van der Waals surface area contributed by atoms with Crippen LogP contribution in [0.4, 0.5) is 0 Å². The molecule has 0 saturated heterocycles. The van der Waals surface area contributed by atoms with Gasteiger partial charge in [-0.25, -0.2) is 9.78 Å². The summed E-state index contributed by atoms with van der Waals surface area (Å²) in [5.41, 5.74) is 0.800. The first kappa shape index (κ1) is 18.1. The fourth-order valence-corrected chi connectivity index (χ4v) is 3.04. The average molecular weight is 373 g/mol. The highest BCUT2D eigenvalue weighted by atomic mass is 32.1. The Morgan fingerprint density at radius 3 is 2.69 bits per heavy atom. The van der Waals surface area contributed by atoms with Gasteiger partial charge in [-0.05, 0) is 37.1 Å². The van der Waals surface area contributed by atoms with E-state index >= 15 is 0 Å². The minimum absolute atomic E-state index is 0.0169. The largest absolute Gasteiger partial charge is 0.493 e. The molecule has 136 valence electrons. The molecule has 1 aromatic carbocycles. The van der Waals surface area contributed by atoms with Gasteiger partial charge in [0.15, 0.2) is 5.01 Å². The van der Waals surface area contributed by atoms with Crippen molar-refractivity contribution >= 4 is 22.3 Å². The molecule has 0 aliphatic carbocycles.